The van der Waals surface area contributed by atoms with E-state index in [9.17, 15) is 4.39 Å². The Morgan fingerprint density at radius 3 is 2.65 bits per heavy atom. The molecule has 0 aliphatic rings. The highest BCUT2D eigenvalue weighted by molar-refractivity contribution is 6.31. The van der Waals surface area contributed by atoms with Gasteiger partial charge in [-0.25, -0.2) is 9.37 Å². The van der Waals surface area contributed by atoms with E-state index < -0.39 is 5.82 Å². The fraction of sp³-hybridized carbons (Fsp3) is 0.308. The van der Waals surface area contributed by atoms with E-state index in [0.29, 0.717) is 5.52 Å². The number of benzene rings is 1. The van der Waals surface area contributed by atoms with Crippen molar-refractivity contribution in [2.45, 2.75) is 19.8 Å². The molecule has 0 saturated carbocycles. The number of rotatable bonds is 2. The fourth-order valence-corrected chi connectivity index (χ4v) is 1.91. The highest BCUT2D eigenvalue weighted by Crippen LogP contribution is 2.30. The van der Waals surface area contributed by atoms with Crippen LogP contribution in [0.2, 0.25) is 5.02 Å². The number of anilines is 1. The molecule has 2 aromatic rings. The topological polar surface area (TPSA) is 24.9 Å². The van der Waals surface area contributed by atoms with Gasteiger partial charge in [-0.2, -0.15) is 0 Å². The molecule has 0 radical (unpaired) electrons. The summed E-state index contributed by atoms with van der Waals surface area (Å²) in [5, 5.41) is 3.92. The average molecular weight is 253 g/mol. The number of fused-ring (bicyclic) bond motifs is 1. The number of nitrogens with one attached hydrogen (secondary N) is 1. The normalized spacial score (nSPS) is 11.2. The van der Waals surface area contributed by atoms with Gasteiger partial charge in [-0.1, -0.05) is 25.4 Å². The molecule has 2 rings (SSSR count). The van der Waals surface area contributed by atoms with Crippen LogP contribution in [0.3, 0.4) is 0 Å². The van der Waals surface area contributed by atoms with Gasteiger partial charge in [0.15, 0.2) is 5.82 Å². The molecular weight excluding hydrogens is 239 g/mol. The fourth-order valence-electron chi connectivity index (χ4n) is 1.76. The Morgan fingerprint density at radius 1 is 1.35 bits per heavy atom. The van der Waals surface area contributed by atoms with Gasteiger partial charge >= 0.3 is 0 Å². The third kappa shape index (κ3) is 2.07. The Labute approximate surface area is 105 Å². The van der Waals surface area contributed by atoms with E-state index in [0.717, 1.165) is 16.8 Å². The van der Waals surface area contributed by atoms with Crippen molar-refractivity contribution in [3.63, 3.8) is 0 Å². The molecule has 0 atom stereocenters. The van der Waals surface area contributed by atoms with E-state index in [1.54, 1.807) is 12.1 Å². The first-order valence-corrected chi connectivity index (χ1v) is 5.88. The predicted octanol–water partition coefficient (Wildman–Crippen LogP) is 4.19. The van der Waals surface area contributed by atoms with E-state index in [2.05, 4.69) is 10.3 Å². The van der Waals surface area contributed by atoms with Crippen LogP contribution in [-0.4, -0.2) is 12.0 Å². The van der Waals surface area contributed by atoms with Crippen LogP contribution in [0.4, 0.5) is 10.1 Å². The lowest BCUT2D eigenvalue weighted by atomic mass is 10.1. The van der Waals surface area contributed by atoms with Crippen LogP contribution in [0.1, 0.15) is 25.5 Å². The van der Waals surface area contributed by atoms with Crippen molar-refractivity contribution in [2.75, 3.05) is 12.4 Å². The zero-order valence-corrected chi connectivity index (χ0v) is 10.8. The molecule has 1 N–H and O–H groups in total. The van der Waals surface area contributed by atoms with Crippen molar-refractivity contribution < 1.29 is 4.39 Å². The Morgan fingerprint density at radius 2 is 2.06 bits per heavy atom. The molecular formula is C13H14ClFN2. The molecule has 0 fully saturated rings. The lowest BCUT2D eigenvalue weighted by Crippen LogP contribution is -1.99. The lowest BCUT2D eigenvalue weighted by Gasteiger charge is -2.12. The van der Waals surface area contributed by atoms with Gasteiger partial charge in [0.25, 0.3) is 0 Å². The summed E-state index contributed by atoms with van der Waals surface area (Å²) in [6, 6.07) is 5.28. The lowest BCUT2D eigenvalue weighted by molar-refractivity contribution is 0.636. The van der Waals surface area contributed by atoms with Crippen molar-refractivity contribution in [2.24, 2.45) is 0 Å². The highest BCUT2D eigenvalue weighted by Gasteiger charge is 2.13. The zero-order chi connectivity index (χ0) is 12.6. The number of hydrogen-bond acceptors (Lipinski definition) is 2. The van der Waals surface area contributed by atoms with E-state index in [4.69, 9.17) is 11.6 Å². The maximum absolute atomic E-state index is 13.9. The first kappa shape index (κ1) is 12.1. The van der Waals surface area contributed by atoms with Crippen LogP contribution in [-0.2, 0) is 0 Å². The van der Waals surface area contributed by atoms with Crippen LogP contribution in [0, 0.1) is 5.82 Å². The Balaban J connectivity index is 2.83. The van der Waals surface area contributed by atoms with Crippen molar-refractivity contribution in [1.29, 1.82) is 0 Å². The molecule has 1 heterocycles. The van der Waals surface area contributed by atoms with Crippen molar-refractivity contribution in [3.05, 3.63) is 34.7 Å². The summed E-state index contributed by atoms with van der Waals surface area (Å²) in [4.78, 5) is 4.34. The summed E-state index contributed by atoms with van der Waals surface area (Å²) in [5.74, 6) is -0.215. The van der Waals surface area contributed by atoms with Gasteiger partial charge in [-0.3, -0.25) is 0 Å². The van der Waals surface area contributed by atoms with Crippen LogP contribution in [0.5, 0.6) is 0 Å². The van der Waals surface area contributed by atoms with Crippen LogP contribution >= 0.6 is 11.6 Å². The Kier molecular flexibility index (Phi) is 3.20. The van der Waals surface area contributed by atoms with Gasteiger partial charge in [0.1, 0.15) is 5.52 Å². The smallest absolute Gasteiger partial charge is 0.168 e. The predicted molar refractivity (Wildman–Crippen MR) is 70.3 cm³/mol. The second kappa shape index (κ2) is 4.49. The van der Waals surface area contributed by atoms with E-state index in [1.165, 1.54) is 0 Å². The van der Waals surface area contributed by atoms with E-state index >= 15 is 0 Å². The molecule has 2 nitrogen and oxygen atoms in total. The van der Waals surface area contributed by atoms with Crippen molar-refractivity contribution >= 4 is 28.2 Å². The summed E-state index contributed by atoms with van der Waals surface area (Å²) >= 11 is 5.78. The SMILES string of the molecule is CNc1cc(C(C)C)nc2c(F)c(Cl)ccc12. The summed E-state index contributed by atoms with van der Waals surface area (Å²) < 4.78 is 13.9. The largest absolute Gasteiger partial charge is 0.388 e. The second-order valence-corrected chi connectivity index (χ2v) is 4.66. The first-order chi connectivity index (χ1) is 8.04. The summed E-state index contributed by atoms with van der Waals surface area (Å²) in [7, 11) is 1.81. The minimum Gasteiger partial charge on any atom is -0.388 e. The van der Waals surface area contributed by atoms with Crippen molar-refractivity contribution in [1.82, 2.24) is 4.98 Å². The van der Waals surface area contributed by atoms with Crippen LogP contribution in [0.15, 0.2) is 18.2 Å². The van der Waals surface area contributed by atoms with Gasteiger partial charge < -0.3 is 5.32 Å². The molecule has 1 aromatic carbocycles. The third-order valence-electron chi connectivity index (χ3n) is 2.75. The third-order valence-corrected chi connectivity index (χ3v) is 3.05. The average Bonchev–Trinajstić information content (AvgIpc) is 2.32. The first-order valence-electron chi connectivity index (χ1n) is 5.51. The number of hydrogen-bond donors (Lipinski definition) is 1. The highest BCUT2D eigenvalue weighted by atomic mass is 35.5. The van der Waals surface area contributed by atoms with Crippen molar-refractivity contribution in [3.8, 4) is 0 Å². The molecule has 0 amide bonds. The van der Waals surface area contributed by atoms with Crippen LogP contribution in [0.25, 0.3) is 10.9 Å². The minimum absolute atomic E-state index is 0.105. The maximum atomic E-state index is 13.9. The maximum Gasteiger partial charge on any atom is 0.168 e. The molecule has 0 bridgehead atoms. The Bertz CT molecular complexity index is 567. The number of halogens is 2. The minimum atomic E-state index is -0.455. The van der Waals surface area contributed by atoms with E-state index in [1.807, 2.05) is 27.0 Å². The Hall–Kier alpha value is -1.35. The molecule has 0 spiro atoms. The molecule has 90 valence electrons. The van der Waals surface area contributed by atoms with Gasteiger partial charge in [0.05, 0.1) is 5.02 Å². The molecule has 0 unspecified atom stereocenters. The molecule has 0 saturated heterocycles. The summed E-state index contributed by atoms with van der Waals surface area (Å²) in [6.07, 6.45) is 0. The monoisotopic (exact) mass is 252 g/mol. The zero-order valence-electron chi connectivity index (χ0n) is 10.0. The van der Waals surface area contributed by atoms with E-state index in [-0.39, 0.29) is 10.9 Å². The quantitative estimate of drug-likeness (QED) is 0.867. The molecule has 1 aromatic heterocycles. The van der Waals surface area contributed by atoms with Gasteiger partial charge in [0.2, 0.25) is 0 Å². The van der Waals surface area contributed by atoms with Crippen LogP contribution < -0.4 is 5.32 Å². The van der Waals surface area contributed by atoms with Gasteiger partial charge in [0, 0.05) is 23.8 Å². The standard InChI is InChI=1S/C13H14ClFN2/c1-7(2)10-6-11(16-3)8-4-5-9(14)12(15)13(8)17-10/h4-7H,1-3H3,(H,16,17). The molecule has 0 aliphatic carbocycles. The van der Waals surface area contributed by atoms with Gasteiger partial charge in [-0.05, 0) is 24.1 Å². The number of pyridine rings is 1. The second-order valence-electron chi connectivity index (χ2n) is 4.26. The number of nitrogens with zero attached hydrogens (tertiary/aromatic N) is 1. The van der Waals surface area contributed by atoms with Gasteiger partial charge in [-0.15, -0.1) is 0 Å². The molecule has 0 aliphatic heterocycles. The molecule has 17 heavy (non-hydrogen) atoms. The molecule has 4 heteroatoms. The summed E-state index contributed by atoms with van der Waals surface area (Å²) in [6.45, 7) is 4.05. The number of aromatic nitrogens is 1. The summed E-state index contributed by atoms with van der Waals surface area (Å²) in [5.41, 5.74) is 2.05.